The average molecular weight is 297 g/mol. The number of hydrogen-bond donors (Lipinski definition) is 1. The number of pyridine rings is 1. The molecule has 1 aromatic heterocycles. The summed E-state index contributed by atoms with van der Waals surface area (Å²) in [6, 6.07) is 20.5. The molecule has 0 fully saturated rings. The van der Waals surface area contributed by atoms with E-state index in [1.807, 2.05) is 30.5 Å². The first kappa shape index (κ1) is 14.1. The SMILES string of the molecule is ClC(CNCc1ccc2ncccc2c1)c1ccccc1. The number of fused-ring (bicyclic) bond motifs is 1. The van der Waals surface area contributed by atoms with Gasteiger partial charge in [-0.2, -0.15) is 0 Å². The third-order valence-corrected chi connectivity index (χ3v) is 3.89. The summed E-state index contributed by atoms with van der Waals surface area (Å²) in [5, 5.41) is 4.57. The van der Waals surface area contributed by atoms with E-state index in [0.717, 1.165) is 24.2 Å². The molecule has 21 heavy (non-hydrogen) atoms. The normalized spacial score (nSPS) is 12.4. The first-order valence-corrected chi connectivity index (χ1v) is 7.50. The van der Waals surface area contributed by atoms with Crippen molar-refractivity contribution in [3.8, 4) is 0 Å². The van der Waals surface area contributed by atoms with Crippen LogP contribution in [-0.2, 0) is 6.54 Å². The Hall–Kier alpha value is -1.90. The van der Waals surface area contributed by atoms with Crippen molar-refractivity contribution >= 4 is 22.5 Å². The van der Waals surface area contributed by atoms with Gasteiger partial charge >= 0.3 is 0 Å². The summed E-state index contributed by atoms with van der Waals surface area (Å²) in [5.74, 6) is 0. The van der Waals surface area contributed by atoms with Crippen LogP contribution in [0.15, 0.2) is 66.9 Å². The van der Waals surface area contributed by atoms with E-state index in [4.69, 9.17) is 11.6 Å². The Balaban J connectivity index is 1.59. The van der Waals surface area contributed by atoms with E-state index in [1.165, 1.54) is 10.9 Å². The smallest absolute Gasteiger partial charge is 0.0709 e. The molecule has 0 bridgehead atoms. The maximum Gasteiger partial charge on any atom is 0.0709 e. The highest BCUT2D eigenvalue weighted by atomic mass is 35.5. The minimum atomic E-state index is -0.00618. The van der Waals surface area contributed by atoms with Crippen molar-refractivity contribution in [2.45, 2.75) is 11.9 Å². The van der Waals surface area contributed by atoms with Gasteiger partial charge in [-0.05, 0) is 29.3 Å². The molecule has 106 valence electrons. The molecule has 2 aromatic carbocycles. The lowest BCUT2D eigenvalue weighted by atomic mass is 10.1. The van der Waals surface area contributed by atoms with Crippen LogP contribution in [0, 0.1) is 0 Å². The maximum atomic E-state index is 6.40. The van der Waals surface area contributed by atoms with Crippen molar-refractivity contribution in [3.63, 3.8) is 0 Å². The second-order valence-corrected chi connectivity index (χ2v) is 5.57. The average Bonchev–Trinajstić information content (AvgIpc) is 2.55. The Morgan fingerprint density at radius 2 is 1.86 bits per heavy atom. The molecule has 3 rings (SSSR count). The number of nitrogens with one attached hydrogen (secondary N) is 1. The Morgan fingerprint density at radius 1 is 1.00 bits per heavy atom. The van der Waals surface area contributed by atoms with E-state index >= 15 is 0 Å². The molecule has 0 saturated carbocycles. The first-order valence-electron chi connectivity index (χ1n) is 7.06. The van der Waals surface area contributed by atoms with Gasteiger partial charge in [0, 0.05) is 24.7 Å². The minimum Gasteiger partial charge on any atom is -0.311 e. The number of aromatic nitrogens is 1. The van der Waals surface area contributed by atoms with E-state index < -0.39 is 0 Å². The minimum absolute atomic E-state index is 0.00618. The molecular weight excluding hydrogens is 280 g/mol. The van der Waals surface area contributed by atoms with Crippen LogP contribution in [0.4, 0.5) is 0 Å². The fraction of sp³-hybridized carbons (Fsp3) is 0.167. The maximum absolute atomic E-state index is 6.40. The predicted octanol–water partition coefficient (Wildman–Crippen LogP) is 4.30. The third kappa shape index (κ3) is 3.60. The number of benzene rings is 2. The lowest BCUT2D eigenvalue weighted by Crippen LogP contribution is -2.18. The molecule has 0 radical (unpaired) electrons. The van der Waals surface area contributed by atoms with Gasteiger partial charge in [-0.25, -0.2) is 0 Å². The second kappa shape index (κ2) is 6.70. The summed E-state index contributed by atoms with van der Waals surface area (Å²) < 4.78 is 0. The standard InChI is InChI=1S/C18H17ClN2/c19-17(15-5-2-1-3-6-15)13-20-12-14-8-9-18-16(11-14)7-4-10-21-18/h1-11,17,20H,12-13H2. The van der Waals surface area contributed by atoms with Crippen LogP contribution in [0.2, 0.25) is 0 Å². The molecular formula is C18H17ClN2. The second-order valence-electron chi connectivity index (χ2n) is 5.04. The lowest BCUT2D eigenvalue weighted by Gasteiger charge is -2.11. The van der Waals surface area contributed by atoms with Crippen molar-refractivity contribution < 1.29 is 0 Å². The summed E-state index contributed by atoms with van der Waals surface area (Å²) in [7, 11) is 0. The topological polar surface area (TPSA) is 24.9 Å². The van der Waals surface area contributed by atoms with Crippen molar-refractivity contribution in [1.29, 1.82) is 0 Å². The molecule has 2 nitrogen and oxygen atoms in total. The van der Waals surface area contributed by atoms with Gasteiger partial charge in [-0.3, -0.25) is 4.98 Å². The molecule has 3 aromatic rings. The molecule has 1 heterocycles. The Morgan fingerprint density at radius 3 is 2.71 bits per heavy atom. The van der Waals surface area contributed by atoms with Crippen molar-refractivity contribution in [2.75, 3.05) is 6.54 Å². The molecule has 1 atom stereocenters. The van der Waals surface area contributed by atoms with Crippen LogP contribution >= 0.6 is 11.6 Å². The van der Waals surface area contributed by atoms with E-state index in [9.17, 15) is 0 Å². The summed E-state index contributed by atoms with van der Waals surface area (Å²) >= 11 is 6.40. The third-order valence-electron chi connectivity index (χ3n) is 3.48. The molecule has 1 unspecified atom stereocenters. The van der Waals surface area contributed by atoms with Gasteiger partial charge in [-0.1, -0.05) is 42.5 Å². The summed E-state index contributed by atoms with van der Waals surface area (Å²) in [6.45, 7) is 1.55. The molecule has 0 aliphatic heterocycles. The molecule has 0 aliphatic carbocycles. The van der Waals surface area contributed by atoms with Crippen LogP contribution in [0.3, 0.4) is 0 Å². The zero-order chi connectivity index (χ0) is 14.5. The summed E-state index contributed by atoms with van der Waals surface area (Å²) in [4.78, 5) is 4.33. The van der Waals surface area contributed by atoms with Crippen LogP contribution in [0.25, 0.3) is 10.9 Å². The van der Waals surface area contributed by atoms with Crippen LogP contribution in [-0.4, -0.2) is 11.5 Å². The highest BCUT2D eigenvalue weighted by Crippen LogP contribution is 2.19. The van der Waals surface area contributed by atoms with Gasteiger partial charge in [-0.15, -0.1) is 11.6 Å². The van der Waals surface area contributed by atoms with E-state index in [2.05, 4.69) is 46.7 Å². The molecule has 0 spiro atoms. The Labute approximate surface area is 129 Å². The van der Waals surface area contributed by atoms with Gasteiger partial charge in [0.05, 0.1) is 10.9 Å². The number of hydrogen-bond acceptors (Lipinski definition) is 2. The van der Waals surface area contributed by atoms with Gasteiger partial charge in [0.2, 0.25) is 0 Å². The van der Waals surface area contributed by atoms with E-state index in [0.29, 0.717) is 0 Å². The van der Waals surface area contributed by atoms with E-state index in [-0.39, 0.29) is 5.38 Å². The summed E-state index contributed by atoms with van der Waals surface area (Å²) in [6.07, 6.45) is 1.82. The summed E-state index contributed by atoms with van der Waals surface area (Å²) in [5.41, 5.74) is 3.42. The quantitative estimate of drug-likeness (QED) is 0.710. The molecule has 0 amide bonds. The Kier molecular flexibility index (Phi) is 4.49. The molecule has 0 aliphatic rings. The van der Waals surface area contributed by atoms with Gasteiger partial charge < -0.3 is 5.32 Å². The first-order chi connectivity index (χ1) is 10.3. The van der Waals surface area contributed by atoms with Crippen molar-refractivity contribution in [3.05, 3.63) is 78.0 Å². The monoisotopic (exact) mass is 296 g/mol. The highest BCUT2D eigenvalue weighted by molar-refractivity contribution is 6.21. The number of rotatable bonds is 5. The number of alkyl halides is 1. The predicted molar refractivity (Wildman–Crippen MR) is 88.5 cm³/mol. The fourth-order valence-electron chi connectivity index (χ4n) is 2.36. The zero-order valence-corrected chi connectivity index (χ0v) is 12.4. The van der Waals surface area contributed by atoms with Gasteiger partial charge in [0.1, 0.15) is 0 Å². The number of halogens is 1. The van der Waals surface area contributed by atoms with Crippen molar-refractivity contribution in [1.82, 2.24) is 10.3 Å². The number of nitrogens with zero attached hydrogens (tertiary/aromatic N) is 1. The van der Waals surface area contributed by atoms with Gasteiger partial charge in [0.15, 0.2) is 0 Å². The highest BCUT2D eigenvalue weighted by Gasteiger charge is 2.06. The molecule has 0 saturated heterocycles. The van der Waals surface area contributed by atoms with Crippen LogP contribution in [0.1, 0.15) is 16.5 Å². The van der Waals surface area contributed by atoms with Crippen LogP contribution < -0.4 is 5.32 Å². The van der Waals surface area contributed by atoms with Crippen molar-refractivity contribution in [2.24, 2.45) is 0 Å². The van der Waals surface area contributed by atoms with Crippen LogP contribution in [0.5, 0.6) is 0 Å². The molecule has 1 N–H and O–H groups in total. The van der Waals surface area contributed by atoms with Gasteiger partial charge in [0.25, 0.3) is 0 Å². The van der Waals surface area contributed by atoms with E-state index in [1.54, 1.807) is 0 Å². The Bertz CT molecular complexity index is 712. The fourth-order valence-corrected chi connectivity index (χ4v) is 2.61. The zero-order valence-electron chi connectivity index (χ0n) is 11.7. The lowest BCUT2D eigenvalue weighted by molar-refractivity contribution is 0.675. The molecule has 3 heteroatoms. The largest absolute Gasteiger partial charge is 0.311 e.